The summed E-state index contributed by atoms with van der Waals surface area (Å²) in [5, 5.41) is -0.364. The van der Waals surface area contributed by atoms with Crippen LogP contribution in [0.25, 0.3) is 0 Å². The molecular formula is C12H24N2O3S. The van der Waals surface area contributed by atoms with Crippen LogP contribution in [0.4, 0.5) is 0 Å². The Morgan fingerprint density at radius 2 is 2.06 bits per heavy atom. The Balaban J connectivity index is 2.10. The zero-order valence-corrected chi connectivity index (χ0v) is 12.1. The smallest absolute Gasteiger partial charge is 0.219 e. The number of ether oxygens (including phenoxy) is 1. The van der Waals surface area contributed by atoms with Gasteiger partial charge in [-0.25, -0.2) is 12.7 Å². The van der Waals surface area contributed by atoms with Crippen molar-refractivity contribution in [2.75, 3.05) is 26.3 Å². The van der Waals surface area contributed by atoms with E-state index in [1.807, 2.05) is 13.8 Å². The molecule has 0 aromatic rings. The van der Waals surface area contributed by atoms with E-state index in [1.54, 1.807) is 4.31 Å². The summed E-state index contributed by atoms with van der Waals surface area (Å²) >= 11 is 0. The van der Waals surface area contributed by atoms with E-state index in [0.29, 0.717) is 32.7 Å². The van der Waals surface area contributed by atoms with Gasteiger partial charge in [-0.3, -0.25) is 0 Å². The summed E-state index contributed by atoms with van der Waals surface area (Å²) in [6, 6.07) is 0.0755. The number of piperidine rings is 1. The van der Waals surface area contributed by atoms with Gasteiger partial charge in [-0.2, -0.15) is 0 Å². The summed E-state index contributed by atoms with van der Waals surface area (Å²) in [6.07, 6.45) is 2.28. The summed E-state index contributed by atoms with van der Waals surface area (Å²) in [5.41, 5.74) is 5.90. The van der Waals surface area contributed by atoms with E-state index in [1.165, 1.54) is 0 Å². The average molecular weight is 276 g/mol. The molecule has 18 heavy (non-hydrogen) atoms. The van der Waals surface area contributed by atoms with Crippen LogP contribution >= 0.6 is 0 Å². The molecule has 0 bridgehead atoms. The first-order chi connectivity index (χ1) is 8.34. The number of hydrogen-bond donors (Lipinski definition) is 1. The molecule has 2 aliphatic heterocycles. The molecule has 2 rings (SSSR count). The molecule has 2 heterocycles. The molecule has 2 aliphatic rings. The molecule has 0 aromatic heterocycles. The van der Waals surface area contributed by atoms with E-state index >= 15 is 0 Å². The monoisotopic (exact) mass is 276 g/mol. The topological polar surface area (TPSA) is 72.6 Å². The van der Waals surface area contributed by atoms with Crippen LogP contribution in [0, 0.1) is 5.41 Å². The second-order valence-corrected chi connectivity index (χ2v) is 8.31. The van der Waals surface area contributed by atoms with Gasteiger partial charge in [0.15, 0.2) is 0 Å². The highest BCUT2D eigenvalue weighted by Crippen LogP contribution is 2.31. The van der Waals surface area contributed by atoms with Crippen molar-refractivity contribution in [3.8, 4) is 0 Å². The summed E-state index contributed by atoms with van der Waals surface area (Å²) < 4.78 is 32.0. The van der Waals surface area contributed by atoms with Crippen LogP contribution in [-0.2, 0) is 14.8 Å². The minimum atomic E-state index is -3.23. The maximum absolute atomic E-state index is 12.5. The highest BCUT2D eigenvalue weighted by molar-refractivity contribution is 7.89. The van der Waals surface area contributed by atoms with Crippen LogP contribution in [0.5, 0.6) is 0 Å². The van der Waals surface area contributed by atoms with Crippen LogP contribution in [-0.4, -0.2) is 50.3 Å². The summed E-state index contributed by atoms with van der Waals surface area (Å²) in [7, 11) is -3.23. The molecule has 6 heteroatoms. The Bertz CT molecular complexity index is 388. The molecule has 2 saturated heterocycles. The first kappa shape index (κ1) is 14.2. The van der Waals surface area contributed by atoms with Gasteiger partial charge in [0.25, 0.3) is 0 Å². The quantitative estimate of drug-likeness (QED) is 0.799. The van der Waals surface area contributed by atoms with Gasteiger partial charge in [-0.05, 0) is 24.7 Å². The summed E-state index contributed by atoms with van der Waals surface area (Å²) in [6.45, 7) is 6.16. The molecule has 0 spiro atoms. The molecule has 5 nitrogen and oxygen atoms in total. The number of sulfonamides is 1. The van der Waals surface area contributed by atoms with Gasteiger partial charge in [0.05, 0.1) is 11.9 Å². The van der Waals surface area contributed by atoms with Crippen molar-refractivity contribution in [2.24, 2.45) is 11.1 Å². The molecule has 0 saturated carbocycles. The molecule has 2 unspecified atom stereocenters. The number of nitrogens with two attached hydrogens (primary N) is 1. The van der Waals surface area contributed by atoms with Crippen LogP contribution < -0.4 is 5.73 Å². The van der Waals surface area contributed by atoms with Crippen molar-refractivity contribution in [3.05, 3.63) is 0 Å². The van der Waals surface area contributed by atoms with Gasteiger partial charge in [-0.15, -0.1) is 0 Å². The van der Waals surface area contributed by atoms with E-state index in [0.717, 1.165) is 12.8 Å². The van der Waals surface area contributed by atoms with Crippen LogP contribution in [0.2, 0.25) is 0 Å². The van der Waals surface area contributed by atoms with E-state index in [4.69, 9.17) is 10.5 Å². The highest BCUT2D eigenvalue weighted by atomic mass is 32.2. The third-order valence-electron chi connectivity index (χ3n) is 4.18. The minimum absolute atomic E-state index is 0.0755. The van der Waals surface area contributed by atoms with Crippen molar-refractivity contribution in [2.45, 2.75) is 44.4 Å². The Morgan fingerprint density at radius 3 is 2.61 bits per heavy atom. The van der Waals surface area contributed by atoms with Crippen molar-refractivity contribution in [1.82, 2.24) is 4.31 Å². The van der Waals surface area contributed by atoms with Gasteiger partial charge >= 0.3 is 0 Å². The predicted octanol–water partition coefficient (Wildman–Crippen LogP) is 0.554. The minimum Gasteiger partial charge on any atom is -0.380 e. The number of hydrogen-bond acceptors (Lipinski definition) is 4. The molecule has 2 fully saturated rings. The Hall–Kier alpha value is -0.170. The third-order valence-corrected chi connectivity index (χ3v) is 6.42. The molecule has 0 amide bonds. The van der Waals surface area contributed by atoms with Gasteiger partial charge < -0.3 is 10.5 Å². The van der Waals surface area contributed by atoms with Gasteiger partial charge in [0.2, 0.25) is 10.0 Å². The zero-order chi connectivity index (χ0) is 13.4. The molecular weight excluding hydrogens is 252 g/mol. The first-order valence-corrected chi connectivity index (χ1v) is 8.16. The first-order valence-electron chi connectivity index (χ1n) is 6.66. The van der Waals surface area contributed by atoms with E-state index < -0.39 is 10.0 Å². The Kier molecular flexibility index (Phi) is 4.02. The second-order valence-electron chi connectivity index (χ2n) is 6.10. The fourth-order valence-corrected chi connectivity index (χ4v) is 4.73. The van der Waals surface area contributed by atoms with E-state index in [9.17, 15) is 8.42 Å². The standard InChI is InChI=1S/C12H24N2O3S/c1-12(2)9-14(6-5-11(12)13)18(15,16)10-4-3-7-17-8-10/h10-11H,3-9,13H2,1-2H3. The second kappa shape index (κ2) is 5.07. The third kappa shape index (κ3) is 2.71. The fourth-order valence-electron chi connectivity index (χ4n) is 2.70. The highest BCUT2D eigenvalue weighted by Gasteiger charge is 2.41. The zero-order valence-electron chi connectivity index (χ0n) is 11.3. The van der Waals surface area contributed by atoms with E-state index in [-0.39, 0.29) is 16.7 Å². The molecule has 2 N–H and O–H groups in total. The molecule has 106 valence electrons. The average Bonchev–Trinajstić information content (AvgIpc) is 2.33. The van der Waals surface area contributed by atoms with Crippen molar-refractivity contribution in [1.29, 1.82) is 0 Å². The largest absolute Gasteiger partial charge is 0.380 e. The fraction of sp³-hybridized carbons (Fsp3) is 1.00. The van der Waals surface area contributed by atoms with Gasteiger partial charge in [0.1, 0.15) is 0 Å². The number of nitrogens with zero attached hydrogens (tertiary/aromatic N) is 1. The lowest BCUT2D eigenvalue weighted by Crippen LogP contribution is -2.56. The molecule has 0 radical (unpaired) electrons. The maximum Gasteiger partial charge on any atom is 0.219 e. The van der Waals surface area contributed by atoms with Crippen LogP contribution in [0.15, 0.2) is 0 Å². The normalized spacial score (nSPS) is 34.4. The Labute approximate surface area is 110 Å². The van der Waals surface area contributed by atoms with Crippen molar-refractivity contribution in [3.63, 3.8) is 0 Å². The Morgan fingerprint density at radius 1 is 1.33 bits per heavy atom. The van der Waals surface area contributed by atoms with Crippen LogP contribution in [0.3, 0.4) is 0 Å². The predicted molar refractivity (Wildman–Crippen MR) is 70.7 cm³/mol. The number of rotatable bonds is 2. The molecule has 0 aliphatic carbocycles. The summed E-state index contributed by atoms with van der Waals surface area (Å²) in [5.74, 6) is 0. The SMILES string of the molecule is CC1(C)CN(S(=O)(=O)C2CCCOC2)CCC1N. The van der Waals surface area contributed by atoms with E-state index in [2.05, 4.69) is 0 Å². The molecule has 2 atom stereocenters. The molecule has 0 aromatic carbocycles. The lowest BCUT2D eigenvalue weighted by molar-refractivity contribution is 0.0944. The van der Waals surface area contributed by atoms with Crippen molar-refractivity contribution < 1.29 is 13.2 Å². The summed E-state index contributed by atoms with van der Waals surface area (Å²) in [4.78, 5) is 0. The lowest BCUT2D eigenvalue weighted by Gasteiger charge is -2.43. The van der Waals surface area contributed by atoms with Gasteiger partial charge in [0, 0.05) is 25.7 Å². The van der Waals surface area contributed by atoms with Gasteiger partial charge in [-0.1, -0.05) is 13.8 Å². The lowest BCUT2D eigenvalue weighted by atomic mass is 9.81. The van der Waals surface area contributed by atoms with Crippen LogP contribution in [0.1, 0.15) is 33.1 Å². The van der Waals surface area contributed by atoms with Crippen molar-refractivity contribution >= 4 is 10.0 Å². The maximum atomic E-state index is 12.5.